The van der Waals surface area contributed by atoms with Crippen molar-refractivity contribution in [2.45, 2.75) is 12.8 Å². The van der Waals surface area contributed by atoms with Gasteiger partial charge in [-0.1, -0.05) is 0 Å². The van der Waals surface area contributed by atoms with E-state index < -0.39 is 0 Å². The Morgan fingerprint density at radius 1 is 1.58 bits per heavy atom. The van der Waals surface area contributed by atoms with Crippen molar-refractivity contribution < 1.29 is 0 Å². The molecule has 12 heavy (non-hydrogen) atoms. The van der Waals surface area contributed by atoms with Crippen LogP contribution in [-0.2, 0) is 5.88 Å². The van der Waals surface area contributed by atoms with Crippen LogP contribution in [0.25, 0.3) is 11.2 Å². The van der Waals surface area contributed by atoms with Crippen LogP contribution in [0.1, 0.15) is 11.4 Å². The van der Waals surface area contributed by atoms with Gasteiger partial charge in [-0.05, 0) is 18.6 Å². The number of nitrogens with one attached hydrogen (secondary N) is 1. The Morgan fingerprint density at radius 3 is 3.08 bits per heavy atom. The van der Waals surface area contributed by atoms with Crippen molar-refractivity contribution in [2.24, 2.45) is 0 Å². The first-order chi connectivity index (χ1) is 5.81. The van der Waals surface area contributed by atoms with Crippen molar-refractivity contribution in [1.29, 1.82) is 0 Å². The van der Waals surface area contributed by atoms with Crippen molar-refractivity contribution >= 4 is 22.8 Å². The van der Waals surface area contributed by atoms with Gasteiger partial charge in [-0.2, -0.15) is 0 Å². The van der Waals surface area contributed by atoms with Gasteiger partial charge in [0.2, 0.25) is 0 Å². The number of nitrogens with zero attached hydrogens (tertiary/aromatic N) is 2. The van der Waals surface area contributed by atoms with E-state index in [1.54, 1.807) is 6.20 Å². The third-order valence-corrected chi connectivity index (χ3v) is 2.03. The van der Waals surface area contributed by atoms with E-state index in [9.17, 15) is 0 Å². The first-order valence-electron chi connectivity index (χ1n) is 3.67. The van der Waals surface area contributed by atoms with Crippen LogP contribution in [0.15, 0.2) is 12.3 Å². The average Bonchev–Trinajstić information content (AvgIpc) is 2.49. The molecule has 0 bridgehead atoms. The summed E-state index contributed by atoms with van der Waals surface area (Å²) >= 11 is 5.63. The quantitative estimate of drug-likeness (QED) is 0.684. The van der Waals surface area contributed by atoms with Gasteiger partial charge in [0.15, 0.2) is 5.65 Å². The molecule has 2 heterocycles. The molecule has 1 N–H and O–H groups in total. The minimum absolute atomic E-state index is 0.399. The molecule has 0 fully saturated rings. The van der Waals surface area contributed by atoms with Crippen molar-refractivity contribution in [1.82, 2.24) is 15.0 Å². The number of hydrogen-bond donors (Lipinski definition) is 1. The lowest BCUT2D eigenvalue weighted by Crippen LogP contribution is -1.78. The molecule has 3 nitrogen and oxygen atoms in total. The molecule has 2 aromatic rings. The highest BCUT2D eigenvalue weighted by Gasteiger charge is 2.03. The topological polar surface area (TPSA) is 41.6 Å². The summed E-state index contributed by atoms with van der Waals surface area (Å²) in [5, 5.41) is 0. The number of halogens is 1. The number of hydrogen-bond acceptors (Lipinski definition) is 2. The zero-order valence-corrected chi connectivity index (χ0v) is 7.39. The number of imidazole rings is 1. The van der Waals surface area contributed by atoms with Crippen LogP contribution in [-0.4, -0.2) is 15.0 Å². The van der Waals surface area contributed by atoms with Gasteiger partial charge in [0.25, 0.3) is 0 Å². The first-order valence-corrected chi connectivity index (χ1v) is 4.21. The number of aromatic amines is 1. The molecule has 2 rings (SSSR count). The van der Waals surface area contributed by atoms with E-state index in [1.165, 1.54) is 0 Å². The summed E-state index contributed by atoms with van der Waals surface area (Å²) in [6.07, 6.45) is 1.75. The summed E-state index contributed by atoms with van der Waals surface area (Å²) in [4.78, 5) is 11.4. The third-order valence-electron chi connectivity index (χ3n) is 1.78. The molecule has 0 saturated heterocycles. The minimum Gasteiger partial charge on any atom is -0.339 e. The second-order valence-electron chi connectivity index (χ2n) is 2.64. The summed E-state index contributed by atoms with van der Waals surface area (Å²) in [6.45, 7) is 2.01. The molecule has 0 saturated carbocycles. The average molecular weight is 182 g/mol. The van der Waals surface area contributed by atoms with Crippen LogP contribution < -0.4 is 0 Å². The summed E-state index contributed by atoms with van der Waals surface area (Å²) in [5.41, 5.74) is 2.86. The molecule has 62 valence electrons. The molecular formula is C8H8ClN3. The van der Waals surface area contributed by atoms with Gasteiger partial charge < -0.3 is 4.98 Å². The second kappa shape index (κ2) is 2.75. The van der Waals surface area contributed by atoms with Gasteiger partial charge in [-0.25, -0.2) is 9.97 Å². The third kappa shape index (κ3) is 1.06. The molecule has 0 radical (unpaired) electrons. The zero-order valence-electron chi connectivity index (χ0n) is 6.63. The maximum atomic E-state index is 5.63. The number of H-pyrrole nitrogens is 1. The van der Waals surface area contributed by atoms with E-state index in [0.29, 0.717) is 5.88 Å². The highest BCUT2D eigenvalue weighted by Crippen LogP contribution is 2.13. The van der Waals surface area contributed by atoms with Crippen LogP contribution in [0.4, 0.5) is 0 Å². The van der Waals surface area contributed by atoms with Crippen molar-refractivity contribution in [3.05, 3.63) is 23.7 Å². The number of alkyl halides is 1. The maximum absolute atomic E-state index is 5.63. The molecule has 0 aliphatic rings. The van der Waals surface area contributed by atoms with Crippen LogP contribution in [0.2, 0.25) is 0 Å². The number of aromatic nitrogens is 3. The lowest BCUT2D eigenvalue weighted by Gasteiger charge is -1.90. The fourth-order valence-electron chi connectivity index (χ4n) is 1.15. The maximum Gasteiger partial charge on any atom is 0.177 e. The Bertz CT molecular complexity index is 408. The van der Waals surface area contributed by atoms with Gasteiger partial charge in [0, 0.05) is 6.20 Å². The molecule has 4 heteroatoms. The molecule has 0 aromatic carbocycles. The molecular weight excluding hydrogens is 174 g/mol. The Balaban J connectivity index is 2.74. The monoisotopic (exact) mass is 181 g/mol. The van der Waals surface area contributed by atoms with Crippen LogP contribution in [0, 0.1) is 6.92 Å². The van der Waals surface area contributed by atoms with Gasteiger partial charge in [-0.3, -0.25) is 0 Å². The molecule has 0 aliphatic carbocycles. The highest BCUT2D eigenvalue weighted by molar-refractivity contribution is 6.16. The zero-order chi connectivity index (χ0) is 8.55. The Kier molecular flexibility index (Phi) is 1.73. The summed E-state index contributed by atoms with van der Waals surface area (Å²) < 4.78 is 0. The smallest absolute Gasteiger partial charge is 0.177 e. The fraction of sp³-hybridized carbons (Fsp3) is 0.250. The minimum atomic E-state index is 0.399. The van der Waals surface area contributed by atoms with Gasteiger partial charge in [0.1, 0.15) is 5.82 Å². The fourth-order valence-corrected chi connectivity index (χ4v) is 1.27. The number of pyridine rings is 1. The second-order valence-corrected chi connectivity index (χ2v) is 2.91. The standard InChI is InChI=1S/C8H8ClN3/c1-5-2-3-10-8-7(5)11-6(4-9)12-8/h2-3H,4H2,1H3,(H,10,11,12). The lowest BCUT2D eigenvalue weighted by atomic mass is 10.3. The Morgan fingerprint density at radius 2 is 2.42 bits per heavy atom. The van der Waals surface area contributed by atoms with Crippen LogP contribution >= 0.6 is 11.6 Å². The van der Waals surface area contributed by atoms with Crippen LogP contribution in [0.5, 0.6) is 0 Å². The largest absolute Gasteiger partial charge is 0.339 e. The van der Waals surface area contributed by atoms with E-state index in [1.807, 2.05) is 13.0 Å². The number of aryl methyl sites for hydroxylation is 1. The van der Waals surface area contributed by atoms with Gasteiger partial charge in [-0.15, -0.1) is 11.6 Å². The lowest BCUT2D eigenvalue weighted by molar-refractivity contribution is 1.13. The first kappa shape index (κ1) is 7.55. The molecule has 0 aliphatic heterocycles. The van der Waals surface area contributed by atoms with Crippen LogP contribution in [0.3, 0.4) is 0 Å². The Hall–Kier alpha value is -1.09. The van der Waals surface area contributed by atoms with E-state index in [-0.39, 0.29) is 0 Å². The van der Waals surface area contributed by atoms with Gasteiger partial charge in [0.05, 0.1) is 11.4 Å². The summed E-state index contributed by atoms with van der Waals surface area (Å²) in [6, 6.07) is 1.94. The van der Waals surface area contributed by atoms with E-state index in [0.717, 1.165) is 22.6 Å². The van der Waals surface area contributed by atoms with E-state index in [4.69, 9.17) is 11.6 Å². The van der Waals surface area contributed by atoms with Crippen molar-refractivity contribution in [2.75, 3.05) is 0 Å². The molecule has 2 aromatic heterocycles. The normalized spacial score (nSPS) is 10.8. The SMILES string of the molecule is Cc1ccnc2nc(CCl)[nH]c12. The molecule has 0 amide bonds. The van der Waals surface area contributed by atoms with Crippen molar-refractivity contribution in [3.63, 3.8) is 0 Å². The predicted octanol–water partition coefficient (Wildman–Crippen LogP) is 2.01. The summed E-state index contributed by atoms with van der Waals surface area (Å²) in [5.74, 6) is 1.17. The van der Waals surface area contributed by atoms with Gasteiger partial charge >= 0.3 is 0 Å². The molecule has 0 atom stereocenters. The molecule has 0 spiro atoms. The predicted molar refractivity (Wildman–Crippen MR) is 48.2 cm³/mol. The number of rotatable bonds is 1. The summed E-state index contributed by atoms with van der Waals surface area (Å²) in [7, 11) is 0. The van der Waals surface area contributed by atoms with Crippen molar-refractivity contribution in [3.8, 4) is 0 Å². The highest BCUT2D eigenvalue weighted by atomic mass is 35.5. The molecule has 0 unspecified atom stereocenters. The number of fused-ring (bicyclic) bond motifs is 1. The van der Waals surface area contributed by atoms with E-state index in [2.05, 4.69) is 15.0 Å². The Labute approximate surface area is 74.8 Å². The van der Waals surface area contributed by atoms with E-state index >= 15 is 0 Å².